The van der Waals surface area contributed by atoms with Gasteiger partial charge in [0.15, 0.2) is 0 Å². The summed E-state index contributed by atoms with van der Waals surface area (Å²) in [5.41, 5.74) is 0. The number of nitrogens with one attached hydrogen (secondary N) is 1. The van der Waals surface area contributed by atoms with Crippen LogP contribution in [0.5, 0.6) is 17.2 Å². The van der Waals surface area contributed by atoms with E-state index in [9.17, 15) is 0 Å². The summed E-state index contributed by atoms with van der Waals surface area (Å²) in [5, 5.41) is 3.51. The topological polar surface area (TPSA) is 39.7 Å². The van der Waals surface area contributed by atoms with Crippen LogP contribution in [0.4, 0.5) is 0 Å². The Labute approximate surface area is 122 Å². The second-order valence-corrected chi connectivity index (χ2v) is 5.16. The molecule has 20 heavy (non-hydrogen) atoms. The molecule has 0 bridgehead atoms. The minimum Gasteiger partial charge on any atom is -0.496 e. The molecule has 114 valence electrons. The van der Waals surface area contributed by atoms with Crippen molar-refractivity contribution in [3.05, 3.63) is 18.2 Å². The summed E-state index contributed by atoms with van der Waals surface area (Å²) >= 11 is 0. The van der Waals surface area contributed by atoms with E-state index in [0.717, 1.165) is 30.2 Å². The van der Waals surface area contributed by atoms with E-state index in [2.05, 4.69) is 26.1 Å². The monoisotopic (exact) mass is 281 g/mol. The van der Waals surface area contributed by atoms with Crippen LogP contribution in [-0.4, -0.2) is 33.4 Å². The maximum Gasteiger partial charge on any atom is 0.126 e. The Morgan fingerprint density at radius 2 is 1.55 bits per heavy atom. The lowest BCUT2D eigenvalue weighted by Crippen LogP contribution is -2.39. The van der Waals surface area contributed by atoms with E-state index in [-0.39, 0.29) is 0 Å². The lowest BCUT2D eigenvalue weighted by molar-refractivity contribution is 0.229. The zero-order valence-electron chi connectivity index (χ0n) is 13.2. The average Bonchev–Trinajstić information content (AvgIpc) is 2.46. The summed E-state index contributed by atoms with van der Waals surface area (Å²) < 4.78 is 16.4. The molecule has 0 spiro atoms. The van der Waals surface area contributed by atoms with E-state index in [1.54, 1.807) is 14.2 Å². The van der Waals surface area contributed by atoms with Crippen LogP contribution in [-0.2, 0) is 0 Å². The van der Waals surface area contributed by atoms with Crippen molar-refractivity contribution < 1.29 is 14.2 Å². The molecule has 1 unspecified atom stereocenters. The number of hydrogen-bond donors (Lipinski definition) is 1. The Bertz CT molecular complexity index is 371. The summed E-state index contributed by atoms with van der Waals surface area (Å²) in [6.07, 6.45) is 1.12. The lowest BCUT2D eigenvalue weighted by atomic mass is 10.1. The van der Waals surface area contributed by atoms with Gasteiger partial charge in [0.1, 0.15) is 23.9 Å². The molecule has 1 N–H and O–H groups in total. The van der Waals surface area contributed by atoms with Gasteiger partial charge in [-0.3, -0.25) is 0 Å². The van der Waals surface area contributed by atoms with E-state index < -0.39 is 0 Å². The van der Waals surface area contributed by atoms with Crippen molar-refractivity contribution in [3.8, 4) is 17.2 Å². The van der Waals surface area contributed by atoms with Crippen LogP contribution < -0.4 is 19.5 Å². The van der Waals surface area contributed by atoms with Crippen molar-refractivity contribution in [2.75, 3.05) is 27.4 Å². The summed E-state index contributed by atoms with van der Waals surface area (Å²) in [4.78, 5) is 0. The van der Waals surface area contributed by atoms with Gasteiger partial charge in [-0.2, -0.15) is 0 Å². The third-order valence-corrected chi connectivity index (χ3v) is 3.22. The zero-order chi connectivity index (χ0) is 15.0. The molecule has 0 heterocycles. The first-order valence-corrected chi connectivity index (χ1v) is 7.20. The summed E-state index contributed by atoms with van der Waals surface area (Å²) in [6, 6.07) is 5.92. The fourth-order valence-electron chi connectivity index (χ4n) is 1.87. The van der Waals surface area contributed by atoms with Gasteiger partial charge in [-0.1, -0.05) is 20.8 Å². The van der Waals surface area contributed by atoms with E-state index >= 15 is 0 Å². The van der Waals surface area contributed by atoms with E-state index in [1.165, 1.54) is 0 Å². The first kappa shape index (κ1) is 16.6. The van der Waals surface area contributed by atoms with Crippen molar-refractivity contribution in [3.63, 3.8) is 0 Å². The number of benzene rings is 1. The van der Waals surface area contributed by atoms with Crippen molar-refractivity contribution in [1.82, 2.24) is 5.32 Å². The van der Waals surface area contributed by atoms with Crippen molar-refractivity contribution in [1.29, 1.82) is 0 Å². The Morgan fingerprint density at radius 3 is 2.00 bits per heavy atom. The summed E-state index contributed by atoms with van der Waals surface area (Å²) in [5.74, 6) is 2.77. The first-order valence-electron chi connectivity index (χ1n) is 7.20. The second-order valence-electron chi connectivity index (χ2n) is 5.16. The molecule has 0 aliphatic heterocycles. The van der Waals surface area contributed by atoms with Crippen LogP contribution in [0.15, 0.2) is 18.2 Å². The number of ether oxygens (including phenoxy) is 3. The first-order chi connectivity index (χ1) is 9.60. The highest BCUT2D eigenvalue weighted by molar-refractivity contribution is 5.42. The van der Waals surface area contributed by atoms with Crippen molar-refractivity contribution >= 4 is 0 Å². The molecule has 1 atom stereocenters. The third-order valence-electron chi connectivity index (χ3n) is 3.22. The summed E-state index contributed by atoms with van der Waals surface area (Å²) in [6.45, 7) is 8.20. The van der Waals surface area contributed by atoms with Gasteiger partial charge < -0.3 is 19.5 Å². The van der Waals surface area contributed by atoms with Gasteiger partial charge in [0, 0.05) is 24.2 Å². The largest absolute Gasteiger partial charge is 0.496 e. The maximum absolute atomic E-state index is 5.89. The molecule has 0 aliphatic carbocycles. The lowest BCUT2D eigenvalue weighted by Gasteiger charge is -2.22. The van der Waals surface area contributed by atoms with Gasteiger partial charge in [-0.25, -0.2) is 0 Å². The number of rotatable bonds is 9. The Morgan fingerprint density at radius 1 is 1.00 bits per heavy atom. The van der Waals surface area contributed by atoms with Gasteiger partial charge in [-0.15, -0.1) is 0 Å². The van der Waals surface area contributed by atoms with Crippen molar-refractivity contribution in [2.24, 2.45) is 5.92 Å². The maximum atomic E-state index is 5.89. The molecule has 1 aromatic rings. The fraction of sp³-hybridized carbons (Fsp3) is 0.625. The van der Waals surface area contributed by atoms with E-state index in [1.807, 2.05) is 18.2 Å². The number of hydrogen-bond acceptors (Lipinski definition) is 4. The van der Waals surface area contributed by atoms with Crippen LogP contribution in [0, 0.1) is 5.92 Å². The smallest absolute Gasteiger partial charge is 0.126 e. The van der Waals surface area contributed by atoms with Crippen LogP contribution in [0.1, 0.15) is 27.2 Å². The van der Waals surface area contributed by atoms with Gasteiger partial charge in [0.05, 0.1) is 14.2 Å². The summed E-state index contributed by atoms with van der Waals surface area (Å²) in [7, 11) is 3.27. The Hall–Kier alpha value is -1.42. The van der Waals surface area contributed by atoms with Gasteiger partial charge in [-0.05, 0) is 18.9 Å². The minimum atomic E-state index is 0.340. The van der Waals surface area contributed by atoms with E-state index in [4.69, 9.17) is 14.2 Å². The standard InChI is InChI=1S/C16H27NO3/c1-6-7-17-16(12(2)3)11-20-15-9-13(18-4)8-14(10-15)19-5/h8-10,12,16-17H,6-7,11H2,1-5H3. The van der Waals surface area contributed by atoms with Crippen LogP contribution in [0.25, 0.3) is 0 Å². The molecule has 1 rings (SSSR count). The molecule has 0 saturated heterocycles. The Balaban J connectivity index is 2.66. The quantitative estimate of drug-likeness (QED) is 0.755. The fourth-order valence-corrected chi connectivity index (χ4v) is 1.87. The molecule has 1 aromatic carbocycles. The molecule has 0 fully saturated rings. The van der Waals surface area contributed by atoms with Gasteiger partial charge >= 0.3 is 0 Å². The van der Waals surface area contributed by atoms with E-state index in [0.29, 0.717) is 18.6 Å². The van der Waals surface area contributed by atoms with Crippen LogP contribution >= 0.6 is 0 Å². The molecular formula is C16H27NO3. The molecule has 0 aromatic heterocycles. The second kappa shape index (κ2) is 8.69. The molecule has 0 amide bonds. The highest BCUT2D eigenvalue weighted by Crippen LogP contribution is 2.27. The highest BCUT2D eigenvalue weighted by Gasteiger charge is 2.13. The zero-order valence-corrected chi connectivity index (χ0v) is 13.2. The highest BCUT2D eigenvalue weighted by atomic mass is 16.5. The Kier molecular flexibility index (Phi) is 7.23. The molecule has 0 aliphatic rings. The predicted molar refractivity (Wildman–Crippen MR) is 82.0 cm³/mol. The third kappa shape index (κ3) is 5.29. The molecule has 4 heteroatoms. The predicted octanol–water partition coefficient (Wildman–Crippen LogP) is 3.11. The molecule has 0 radical (unpaired) electrons. The van der Waals surface area contributed by atoms with Crippen LogP contribution in [0.3, 0.4) is 0 Å². The van der Waals surface area contributed by atoms with Crippen LogP contribution in [0.2, 0.25) is 0 Å². The molecule has 0 saturated carbocycles. The van der Waals surface area contributed by atoms with Crippen molar-refractivity contribution in [2.45, 2.75) is 33.2 Å². The SMILES string of the molecule is CCCNC(COc1cc(OC)cc(OC)c1)C(C)C. The average molecular weight is 281 g/mol. The molecular weight excluding hydrogens is 254 g/mol. The molecule has 4 nitrogen and oxygen atoms in total. The normalized spacial score (nSPS) is 12.3. The number of methoxy groups -OCH3 is 2. The minimum absolute atomic E-state index is 0.340. The van der Waals surface area contributed by atoms with Gasteiger partial charge in [0.25, 0.3) is 0 Å². The van der Waals surface area contributed by atoms with Gasteiger partial charge in [0.2, 0.25) is 0 Å².